The van der Waals surface area contributed by atoms with Crippen LogP contribution in [0.5, 0.6) is 0 Å². The Morgan fingerprint density at radius 2 is 2.03 bits per heavy atom. The second kappa shape index (κ2) is 7.34. The third kappa shape index (κ3) is 3.43. The van der Waals surface area contributed by atoms with E-state index in [9.17, 15) is 0 Å². The molecule has 0 bridgehead atoms. The maximum absolute atomic E-state index is 6.45. The molecule has 152 valence electrons. The predicted octanol–water partition coefficient (Wildman–Crippen LogP) is 3.83. The molecule has 0 aliphatic carbocycles. The van der Waals surface area contributed by atoms with E-state index in [1.165, 1.54) is 18.2 Å². The number of fused-ring (bicyclic) bond motifs is 1. The van der Waals surface area contributed by atoms with Crippen molar-refractivity contribution >= 4 is 40.8 Å². The summed E-state index contributed by atoms with van der Waals surface area (Å²) < 4.78 is 7.73. The Hall–Kier alpha value is -2.03. The van der Waals surface area contributed by atoms with Crippen LogP contribution in [0.3, 0.4) is 0 Å². The summed E-state index contributed by atoms with van der Waals surface area (Å²) in [4.78, 5) is 17.7. The van der Waals surface area contributed by atoms with Crippen LogP contribution in [0, 0.1) is 12.3 Å². The predicted molar refractivity (Wildman–Crippen MR) is 115 cm³/mol. The third-order valence-electron chi connectivity index (χ3n) is 6.00. The first-order valence-electron chi connectivity index (χ1n) is 9.80. The summed E-state index contributed by atoms with van der Waals surface area (Å²) in [5.74, 6) is 1.39. The summed E-state index contributed by atoms with van der Waals surface area (Å²) in [5.41, 5.74) is 7.87. The van der Waals surface area contributed by atoms with Crippen molar-refractivity contribution in [2.24, 2.45) is 5.41 Å². The second-order valence-electron chi connectivity index (χ2n) is 7.88. The van der Waals surface area contributed by atoms with Crippen molar-refractivity contribution in [2.45, 2.75) is 36.0 Å². The van der Waals surface area contributed by atoms with Gasteiger partial charge in [-0.25, -0.2) is 15.0 Å². The first-order chi connectivity index (χ1) is 14.0. The van der Waals surface area contributed by atoms with E-state index in [1.54, 1.807) is 6.07 Å². The monoisotopic (exact) mass is 430 g/mol. The molecule has 0 unspecified atom stereocenters. The highest BCUT2D eigenvalue weighted by Gasteiger charge is 2.38. The van der Waals surface area contributed by atoms with Crippen molar-refractivity contribution in [2.75, 3.05) is 36.9 Å². The van der Waals surface area contributed by atoms with Gasteiger partial charge in [-0.3, -0.25) is 4.40 Å². The first kappa shape index (κ1) is 19.0. The average molecular weight is 431 g/mol. The van der Waals surface area contributed by atoms with Crippen LogP contribution < -0.4 is 10.6 Å². The zero-order chi connectivity index (χ0) is 20.0. The number of aryl methyl sites for hydroxylation is 1. The molecule has 0 aromatic carbocycles. The second-order valence-corrected chi connectivity index (χ2v) is 9.34. The van der Waals surface area contributed by atoms with Gasteiger partial charge in [0.05, 0.1) is 22.2 Å². The molecule has 5 rings (SSSR count). The van der Waals surface area contributed by atoms with Crippen LogP contribution >= 0.6 is 23.4 Å². The van der Waals surface area contributed by atoms with Crippen molar-refractivity contribution in [1.82, 2.24) is 19.4 Å². The van der Waals surface area contributed by atoms with E-state index in [1.807, 2.05) is 25.5 Å². The summed E-state index contributed by atoms with van der Waals surface area (Å²) in [6.07, 6.45) is 9.14. The molecule has 3 aromatic heterocycles. The van der Waals surface area contributed by atoms with Crippen LogP contribution in [0.4, 0.5) is 11.8 Å². The quantitative estimate of drug-likeness (QED) is 0.676. The molecule has 2 saturated heterocycles. The van der Waals surface area contributed by atoms with Gasteiger partial charge in [0, 0.05) is 43.2 Å². The van der Waals surface area contributed by atoms with E-state index in [0.717, 1.165) is 66.2 Å². The molecule has 0 atom stereocenters. The first-order valence-corrected chi connectivity index (χ1v) is 11.0. The van der Waals surface area contributed by atoms with E-state index >= 15 is 0 Å². The van der Waals surface area contributed by atoms with Crippen molar-refractivity contribution in [3.8, 4) is 0 Å². The molecule has 5 heterocycles. The minimum Gasteiger partial charge on any atom is -0.384 e. The van der Waals surface area contributed by atoms with Gasteiger partial charge in [0.25, 0.3) is 0 Å². The lowest BCUT2D eigenvalue weighted by atomic mass is 9.78. The van der Waals surface area contributed by atoms with E-state index < -0.39 is 0 Å². The van der Waals surface area contributed by atoms with Gasteiger partial charge in [-0.2, -0.15) is 0 Å². The molecular weight excluding hydrogens is 408 g/mol. The zero-order valence-electron chi connectivity index (χ0n) is 16.3. The molecule has 7 nitrogen and oxygen atoms in total. The number of imidazole rings is 1. The molecule has 2 aliphatic heterocycles. The summed E-state index contributed by atoms with van der Waals surface area (Å²) in [7, 11) is 0. The van der Waals surface area contributed by atoms with Crippen LogP contribution in [0.25, 0.3) is 5.65 Å². The van der Waals surface area contributed by atoms with Crippen LogP contribution in [0.15, 0.2) is 34.4 Å². The SMILES string of the molecule is Cc1nc(N)cc(Sc2cnc(N3CCC4(CCOC4)CC3)n3ccnc23)c1Cl. The van der Waals surface area contributed by atoms with Gasteiger partial charge < -0.3 is 15.4 Å². The van der Waals surface area contributed by atoms with E-state index in [-0.39, 0.29) is 0 Å². The standard InChI is InChI=1S/C20H23ClN6OS/c1-13-17(21)14(10-16(22)25-13)29-15-11-24-19(27-8-5-23-18(15)27)26-6-2-20(3-7-26)4-9-28-12-20/h5,8,10-11H,2-4,6-7,9,12H2,1H3,(H2,22,25). The van der Waals surface area contributed by atoms with Gasteiger partial charge in [-0.05, 0) is 37.7 Å². The Bertz CT molecular complexity index is 1050. The lowest BCUT2D eigenvalue weighted by Crippen LogP contribution is -2.41. The maximum Gasteiger partial charge on any atom is 0.211 e. The Balaban J connectivity index is 1.43. The molecule has 2 aliphatic rings. The minimum atomic E-state index is 0.371. The molecule has 9 heteroatoms. The van der Waals surface area contributed by atoms with Crippen molar-refractivity contribution in [3.05, 3.63) is 35.4 Å². The highest BCUT2D eigenvalue weighted by atomic mass is 35.5. The Morgan fingerprint density at radius 1 is 1.21 bits per heavy atom. The summed E-state index contributed by atoms with van der Waals surface area (Å²) in [6, 6.07) is 1.79. The van der Waals surface area contributed by atoms with E-state index in [0.29, 0.717) is 16.3 Å². The Labute approximate surface area is 178 Å². The number of aromatic nitrogens is 4. The molecule has 2 fully saturated rings. The number of nitrogens with zero attached hydrogens (tertiary/aromatic N) is 5. The molecule has 1 spiro atoms. The number of halogens is 1. The van der Waals surface area contributed by atoms with Crippen molar-refractivity contribution in [1.29, 1.82) is 0 Å². The number of hydrogen-bond donors (Lipinski definition) is 1. The minimum absolute atomic E-state index is 0.371. The lowest BCUT2D eigenvalue weighted by molar-refractivity contribution is 0.133. The van der Waals surface area contributed by atoms with Crippen LogP contribution in [-0.2, 0) is 4.74 Å². The number of anilines is 2. The summed E-state index contributed by atoms with van der Waals surface area (Å²) in [6.45, 7) is 5.63. The number of nitrogen functional groups attached to an aromatic ring is 1. The number of nitrogens with two attached hydrogens (primary N) is 1. The van der Waals surface area contributed by atoms with Gasteiger partial charge in [0.2, 0.25) is 5.95 Å². The normalized spacial score (nSPS) is 18.8. The smallest absolute Gasteiger partial charge is 0.211 e. The fraction of sp³-hybridized carbons (Fsp3) is 0.450. The van der Waals surface area contributed by atoms with Crippen molar-refractivity contribution in [3.63, 3.8) is 0 Å². The van der Waals surface area contributed by atoms with Gasteiger partial charge in [-0.1, -0.05) is 23.4 Å². The highest BCUT2D eigenvalue weighted by Crippen LogP contribution is 2.41. The number of pyridine rings is 1. The van der Waals surface area contributed by atoms with Gasteiger partial charge >= 0.3 is 0 Å². The Morgan fingerprint density at radius 3 is 2.79 bits per heavy atom. The fourth-order valence-corrected chi connectivity index (χ4v) is 5.47. The molecule has 0 saturated carbocycles. The zero-order valence-corrected chi connectivity index (χ0v) is 17.8. The number of hydrogen-bond acceptors (Lipinski definition) is 7. The lowest BCUT2D eigenvalue weighted by Gasteiger charge is -2.38. The van der Waals surface area contributed by atoms with Crippen LogP contribution in [0.1, 0.15) is 25.0 Å². The Kier molecular flexibility index (Phi) is 4.80. The highest BCUT2D eigenvalue weighted by molar-refractivity contribution is 7.99. The number of ether oxygens (including phenoxy) is 1. The topological polar surface area (TPSA) is 81.6 Å². The summed E-state index contributed by atoms with van der Waals surface area (Å²) in [5, 5.41) is 0.609. The molecule has 0 radical (unpaired) electrons. The third-order valence-corrected chi connectivity index (χ3v) is 7.63. The fourth-order valence-electron chi connectivity index (χ4n) is 4.26. The van der Waals surface area contributed by atoms with Gasteiger partial charge in [-0.15, -0.1) is 0 Å². The average Bonchev–Trinajstić information content (AvgIpc) is 3.37. The molecular formula is C20H23ClN6OS. The van der Waals surface area contributed by atoms with Gasteiger partial charge in [0.1, 0.15) is 5.82 Å². The van der Waals surface area contributed by atoms with Crippen LogP contribution in [-0.4, -0.2) is 45.7 Å². The molecule has 2 N–H and O–H groups in total. The molecule has 3 aromatic rings. The summed E-state index contributed by atoms with van der Waals surface area (Å²) >= 11 is 7.96. The number of rotatable bonds is 3. The molecule has 0 amide bonds. The van der Waals surface area contributed by atoms with E-state index in [2.05, 4.69) is 19.3 Å². The largest absolute Gasteiger partial charge is 0.384 e. The maximum atomic E-state index is 6.45. The molecule has 29 heavy (non-hydrogen) atoms. The number of piperidine rings is 1. The van der Waals surface area contributed by atoms with Crippen molar-refractivity contribution < 1.29 is 4.74 Å². The van der Waals surface area contributed by atoms with E-state index in [4.69, 9.17) is 27.1 Å². The van der Waals surface area contributed by atoms with Crippen LogP contribution in [0.2, 0.25) is 5.02 Å². The van der Waals surface area contributed by atoms with Gasteiger partial charge in [0.15, 0.2) is 5.65 Å².